The molecule has 0 N–H and O–H groups in total. The molecule has 0 aliphatic carbocycles. The topological polar surface area (TPSA) is 59.1 Å². The van der Waals surface area contributed by atoms with Gasteiger partial charge in [-0.3, -0.25) is 4.79 Å². The fourth-order valence-corrected chi connectivity index (χ4v) is 4.22. The molecule has 2 amide bonds. The first-order chi connectivity index (χ1) is 14.2. The Hall–Kier alpha value is -2.20. The molecule has 1 aromatic carbocycles. The van der Waals surface area contributed by atoms with Crippen molar-refractivity contribution < 1.29 is 36.6 Å². The molecule has 0 saturated carbocycles. The van der Waals surface area contributed by atoms with E-state index in [1.54, 1.807) is 9.80 Å². The van der Waals surface area contributed by atoms with E-state index in [0.29, 0.717) is 25.9 Å². The van der Waals surface area contributed by atoms with Gasteiger partial charge >= 0.3 is 12.2 Å². The molecule has 4 rings (SSSR count). The third kappa shape index (κ3) is 4.29. The Morgan fingerprint density at radius 2 is 1.97 bits per heavy atom. The molecule has 3 fully saturated rings. The molecule has 1 aromatic rings. The average molecular weight is 430 g/mol. The summed E-state index contributed by atoms with van der Waals surface area (Å²) in [5.74, 6) is -0.933. The second-order valence-electron chi connectivity index (χ2n) is 7.97. The predicted octanol–water partition coefficient (Wildman–Crippen LogP) is 2.85. The normalized spacial score (nSPS) is 25.1. The maximum atomic E-state index is 13.9. The fourth-order valence-electron chi connectivity index (χ4n) is 4.22. The summed E-state index contributed by atoms with van der Waals surface area (Å²) in [5, 5.41) is 0. The molecule has 10 heteroatoms. The molecule has 3 saturated heterocycles. The standard InChI is InChI=1S/C20H22F4N2O4/c21-17-3-1-2-16(20(22,23)24)15(17)11-29-14-8-26(9-14)19(28)25-5-4-18-12(7-25)6-13(27)10-30-18/h1-3,12,14,18H,4-11H2/t12-,18+/m1/s1. The lowest BCUT2D eigenvalue weighted by atomic mass is 9.88. The summed E-state index contributed by atoms with van der Waals surface area (Å²) in [6.45, 7) is 1.06. The van der Waals surface area contributed by atoms with Gasteiger partial charge in [0.1, 0.15) is 12.4 Å². The number of alkyl halides is 3. The third-order valence-electron chi connectivity index (χ3n) is 5.89. The highest BCUT2D eigenvalue weighted by molar-refractivity contribution is 5.81. The van der Waals surface area contributed by atoms with Crippen LogP contribution < -0.4 is 0 Å². The van der Waals surface area contributed by atoms with Crippen LogP contribution in [0.4, 0.5) is 22.4 Å². The molecule has 0 radical (unpaired) electrons. The van der Waals surface area contributed by atoms with Crippen LogP contribution in [0, 0.1) is 11.7 Å². The zero-order valence-electron chi connectivity index (χ0n) is 16.2. The van der Waals surface area contributed by atoms with Crippen LogP contribution in [-0.2, 0) is 27.1 Å². The van der Waals surface area contributed by atoms with Crippen molar-refractivity contribution in [2.24, 2.45) is 5.92 Å². The Kier molecular flexibility index (Phi) is 5.71. The monoisotopic (exact) mass is 430 g/mol. The van der Waals surface area contributed by atoms with Crippen molar-refractivity contribution in [1.29, 1.82) is 0 Å². The van der Waals surface area contributed by atoms with Gasteiger partial charge in [0.25, 0.3) is 0 Å². The number of piperidine rings is 1. The molecule has 3 heterocycles. The number of urea groups is 1. The van der Waals surface area contributed by atoms with Crippen molar-refractivity contribution in [2.45, 2.75) is 37.8 Å². The molecular weight excluding hydrogens is 408 g/mol. The maximum Gasteiger partial charge on any atom is 0.416 e. The van der Waals surface area contributed by atoms with Crippen LogP contribution in [0.15, 0.2) is 18.2 Å². The van der Waals surface area contributed by atoms with E-state index in [1.807, 2.05) is 0 Å². The first-order valence-corrected chi connectivity index (χ1v) is 9.85. The number of Topliss-reactive ketones (excluding diaryl/α,β-unsaturated/α-hetero) is 1. The molecule has 0 spiro atoms. The van der Waals surface area contributed by atoms with Gasteiger partial charge < -0.3 is 19.3 Å². The number of nitrogens with zero attached hydrogens (tertiary/aromatic N) is 2. The number of rotatable bonds is 3. The van der Waals surface area contributed by atoms with E-state index >= 15 is 0 Å². The zero-order valence-corrected chi connectivity index (χ0v) is 16.2. The van der Waals surface area contributed by atoms with Crippen LogP contribution in [-0.4, -0.2) is 66.6 Å². The molecule has 30 heavy (non-hydrogen) atoms. The lowest BCUT2D eigenvalue weighted by Gasteiger charge is -2.45. The lowest BCUT2D eigenvalue weighted by Crippen LogP contribution is -2.61. The van der Waals surface area contributed by atoms with Crippen molar-refractivity contribution in [2.75, 3.05) is 32.8 Å². The van der Waals surface area contributed by atoms with Crippen LogP contribution in [0.3, 0.4) is 0 Å². The number of ketones is 1. The molecule has 6 nitrogen and oxygen atoms in total. The number of carbonyl (C=O) groups excluding carboxylic acids is 2. The Balaban J connectivity index is 1.28. The van der Waals surface area contributed by atoms with Gasteiger partial charge in [-0.05, 0) is 18.6 Å². The first-order valence-electron chi connectivity index (χ1n) is 9.85. The summed E-state index contributed by atoms with van der Waals surface area (Å²) in [5.41, 5.74) is -1.58. The second kappa shape index (κ2) is 8.14. The van der Waals surface area contributed by atoms with Crippen LogP contribution in [0.25, 0.3) is 0 Å². The van der Waals surface area contributed by atoms with Gasteiger partial charge in [0.05, 0.1) is 37.5 Å². The summed E-state index contributed by atoms with van der Waals surface area (Å²) in [6.07, 6.45) is -4.04. The summed E-state index contributed by atoms with van der Waals surface area (Å²) in [4.78, 5) is 27.5. The average Bonchev–Trinajstić information content (AvgIpc) is 2.66. The number of hydrogen-bond acceptors (Lipinski definition) is 4. The van der Waals surface area contributed by atoms with E-state index in [9.17, 15) is 27.2 Å². The van der Waals surface area contributed by atoms with E-state index in [-0.39, 0.29) is 43.5 Å². The highest BCUT2D eigenvalue weighted by atomic mass is 19.4. The van der Waals surface area contributed by atoms with Gasteiger partial charge in [0, 0.05) is 31.0 Å². The fraction of sp³-hybridized carbons (Fsp3) is 0.600. The van der Waals surface area contributed by atoms with Crippen LogP contribution in [0.2, 0.25) is 0 Å². The number of hydrogen-bond donors (Lipinski definition) is 0. The maximum absolute atomic E-state index is 13.9. The van der Waals surface area contributed by atoms with E-state index in [4.69, 9.17) is 9.47 Å². The lowest BCUT2D eigenvalue weighted by molar-refractivity contribution is -0.141. The molecule has 0 unspecified atom stereocenters. The van der Waals surface area contributed by atoms with Gasteiger partial charge in [-0.2, -0.15) is 13.2 Å². The van der Waals surface area contributed by atoms with Gasteiger partial charge in [-0.15, -0.1) is 0 Å². The van der Waals surface area contributed by atoms with Crippen LogP contribution in [0.5, 0.6) is 0 Å². The smallest absolute Gasteiger partial charge is 0.370 e. The summed E-state index contributed by atoms with van der Waals surface area (Å²) >= 11 is 0. The Labute approximate surface area is 170 Å². The Morgan fingerprint density at radius 1 is 1.20 bits per heavy atom. The summed E-state index contributed by atoms with van der Waals surface area (Å²) in [6, 6.07) is 2.61. The highest BCUT2D eigenvalue weighted by Gasteiger charge is 2.41. The van der Waals surface area contributed by atoms with Gasteiger partial charge in [-0.1, -0.05) is 6.07 Å². The van der Waals surface area contributed by atoms with Crippen molar-refractivity contribution in [3.8, 4) is 0 Å². The van der Waals surface area contributed by atoms with Crippen molar-refractivity contribution in [3.63, 3.8) is 0 Å². The minimum atomic E-state index is -4.67. The predicted molar refractivity (Wildman–Crippen MR) is 96.0 cm³/mol. The third-order valence-corrected chi connectivity index (χ3v) is 5.89. The molecule has 3 aliphatic heterocycles. The largest absolute Gasteiger partial charge is 0.416 e. The number of benzene rings is 1. The highest BCUT2D eigenvalue weighted by Crippen LogP contribution is 2.34. The molecule has 164 valence electrons. The summed E-state index contributed by atoms with van der Waals surface area (Å²) < 4.78 is 64.0. The van der Waals surface area contributed by atoms with Crippen molar-refractivity contribution in [3.05, 3.63) is 35.1 Å². The van der Waals surface area contributed by atoms with E-state index < -0.39 is 35.8 Å². The number of carbonyl (C=O) groups is 2. The number of ether oxygens (including phenoxy) is 2. The van der Waals surface area contributed by atoms with E-state index in [0.717, 1.165) is 18.2 Å². The number of fused-ring (bicyclic) bond motifs is 1. The number of amides is 2. The van der Waals surface area contributed by atoms with Crippen LogP contribution >= 0.6 is 0 Å². The van der Waals surface area contributed by atoms with Gasteiger partial charge in [-0.25, -0.2) is 9.18 Å². The van der Waals surface area contributed by atoms with Gasteiger partial charge in [0.15, 0.2) is 5.78 Å². The Bertz CT molecular complexity index is 826. The Morgan fingerprint density at radius 3 is 2.70 bits per heavy atom. The first kappa shape index (κ1) is 21.0. The molecule has 2 atom stereocenters. The quantitative estimate of drug-likeness (QED) is 0.692. The van der Waals surface area contributed by atoms with Crippen LogP contribution in [0.1, 0.15) is 24.0 Å². The minimum absolute atomic E-state index is 0.000816. The summed E-state index contributed by atoms with van der Waals surface area (Å²) in [7, 11) is 0. The number of halogens is 4. The van der Waals surface area contributed by atoms with E-state index in [2.05, 4.69) is 0 Å². The molecule has 0 aromatic heterocycles. The van der Waals surface area contributed by atoms with E-state index in [1.165, 1.54) is 0 Å². The van der Waals surface area contributed by atoms with Crippen molar-refractivity contribution >= 4 is 11.8 Å². The molecule has 0 bridgehead atoms. The van der Waals surface area contributed by atoms with Gasteiger partial charge in [0.2, 0.25) is 0 Å². The number of likely N-dealkylation sites (tertiary alicyclic amines) is 2. The van der Waals surface area contributed by atoms with Crippen molar-refractivity contribution in [1.82, 2.24) is 9.80 Å². The molecule has 3 aliphatic rings. The molecular formula is C20H22F4N2O4. The minimum Gasteiger partial charge on any atom is -0.370 e. The SMILES string of the molecule is O=C1CO[C@H]2CCN(C(=O)N3CC(OCc4c(F)cccc4C(F)(F)F)C3)C[C@H]2C1. The second-order valence-corrected chi connectivity index (χ2v) is 7.97. The zero-order chi connectivity index (χ0) is 21.5.